The van der Waals surface area contributed by atoms with Crippen molar-refractivity contribution >= 4 is 27.7 Å². The zero-order valence-corrected chi connectivity index (χ0v) is 10.9. The number of hydrogen-bond donors (Lipinski definition) is 2. The second kappa shape index (κ2) is 6.55. The first-order valence-electron chi connectivity index (χ1n) is 5.12. The molecule has 1 heterocycles. The van der Waals surface area contributed by atoms with Crippen LogP contribution in [0, 0.1) is 0 Å². The number of carbonyl (C=O) groups excluding carboxylic acids is 1. The molecule has 0 radical (unpaired) electrons. The lowest BCUT2D eigenvalue weighted by Crippen LogP contribution is -2.34. The van der Waals surface area contributed by atoms with E-state index in [2.05, 4.69) is 43.5 Å². The van der Waals surface area contributed by atoms with Crippen LogP contribution in [0.25, 0.3) is 0 Å². The van der Waals surface area contributed by atoms with Crippen LogP contribution in [0.1, 0.15) is 20.3 Å². The lowest BCUT2D eigenvalue weighted by atomic mass is 10.2. The predicted octanol–water partition coefficient (Wildman–Crippen LogP) is 1.57. The molecule has 6 heteroatoms. The van der Waals surface area contributed by atoms with Crippen molar-refractivity contribution in [3.05, 3.63) is 17.0 Å². The SMILES string of the molecule is CCC(C)NCC(=O)Nc1cnc(Br)cn1. The zero-order valence-electron chi connectivity index (χ0n) is 9.33. The van der Waals surface area contributed by atoms with Gasteiger partial charge in [-0.1, -0.05) is 6.92 Å². The van der Waals surface area contributed by atoms with Gasteiger partial charge in [-0.25, -0.2) is 9.97 Å². The summed E-state index contributed by atoms with van der Waals surface area (Å²) in [7, 11) is 0. The molecule has 1 amide bonds. The topological polar surface area (TPSA) is 66.9 Å². The molecular formula is C10H15BrN4O. The molecule has 1 aromatic rings. The first-order chi connectivity index (χ1) is 7.61. The first kappa shape index (κ1) is 13.1. The number of rotatable bonds is 5. The summed E-state index contributed by atoms with van der Waals surface area (Å²) in [5, 5.41) is 5.75. The molecule has 0 aliphatic carbocycles. The van der Waals surface area contributed by atoms with E-state index in [0.29, 0.717) is 16.5 Å². The summed E-state index contributed by atoms with van der Waals surface area (Å²) in [6.45, 7) is 4.38. The highest BCUT2D eigenvalue weighted by atomic mass is 79.9. The highest BCUT2D eigenvalue weighted by molar-refractivity contribution is 9.10. The normalized spacial score (nSPS) is 12.2. The van der Waals surface area contributed by atoms with E-state index in [9.17, 15) is 4.79 Å². The van der Waals surface area contributed by atoms with Crippen molar-refractivity contribution in [2.75, 3.05) is 11.9 Å². The van der Waals surface area contributed by atoms with E-state index in [1.165, 1.54) is 12.4 Å². The number of nitrogens with one attached hydrogen (secondary N) is 2. The number of nitrogens with zero attached hydrogens (tertiary/aromatic N) is 2. The van der Waals surface area contributed by atoms with Crippen molar-refractivity contribution < 1.29 is 4.79 Å². The molecule has 0 aromatic carbocycles. The number of aromatic nitrogens is 2. The third-order valence-corrected chi connectivity index (χ3v) is 2.52. The van der Waals surface area contributed by atoms with Gasteiger partial charge in [0.05, 0.1) is 18.9 Å². The summed E-state index contributed by atoms with van der Waals surface area (Å²) < 4.78 is 0.642. The fourth-order valence-corrected chi connectivity index (χ4v) is 1.18. The van der Waals surface area contributed by atoms with Crippen LogP contribution in [0.5, 0.6) is 0 Å². The average molecular weight is 287 g/mol. The van der Waals surface area contributed by atoms with Crippen LogP contribution in [0.15, 0.2) is 17.0 Å². The Morgan fingerprint density at radius 2 is 2.25 bits per heavy atom. The Hall–Kier alpha value is -1.01. The van der Waals surface area contributed by atoms with Crippen LogP contribution >= 0.6 is 15.9 Å². The van der Waals surface area contributed by atoms with E-state index in [1.54, 1.807) is 0 Å². The van der Waals surface area contributed by atoms with Crippen LogP contribution in [0.3, 0.4) is 0 Å². The number of anilines is 1. The maximum Gasteiger partial charge on any atom is 0.239 e. The number of halogens is 1. The highest BCUT2D eigenvalue weighted by Crippen LogP contribution is 2.05. The van der Waals surface area contributed by atoms with Gasteiger partial charge in [-0.3, -0.25) is 4.79 Å². The van der Waals surface area contributed by atoms with Crippen LogP contribution < -0.4 is 10.6 Å². The molecule has 0 bridgehead atoms. The molecule has 16 heavy (non-hydrogen) atoms. The fraction of sp³-hybridized carbons (Fsp3) is 0.500. The van der Waals surface area contributed by atoms with Crippen LogP contribution in [0.4, 0.5) is 5.82 Å². The van der Waals surface area contributed by atoms with Gasteiger partial charge >= 0.3 is 0 Å². The molecule has 0 fully saturated rings. The lowest BCUT2D eigenvalue weighted by Gasteiger charge is -2.10. The molecule has 2 N–H and O–H groups in total. The van der Waals surface area contributed by atoms with E-state index in [1.807, 2.05) is 6.92 Å². The van der Waals surface area contributed by atoms with Gasteiger partial charge in [0.15, 0.2) is 5.82 Å². The monoisotopic (exact) mass is 286 g/mol. The van der Waals surface area contributed by atoms with E-state index < -0.39 is 0 Å². The zero-order chi connectivity index (χ0) is 12.0. The number of hydrogen-bond acceptors (Lipinski definition) is 4. The van der Waals surface area contributed by atoms with Crippen molar-refractivity contribution in [3.8, 4) is 0 Å². The van der Waals surface area contributed by atoms with Crippen molar-refractivity contribution in [2.24, 2.45) is 0 Å². The van der Waals surface area contributed by atoms with Crippen molar-refractivity contribution in [1.29, 1.82) is 0 Å². The smallest absolute Gasteiger partial charge is 0.239 e. The molecule has 0 saturated carbocycles. The average Bonchev–Trinajstić information content (AvgIpc) is 2.29. The van der Waals surface area contributed by atoms with Crippen molar-refractivity contribution in [3.63, 3.8) is 0 Å². The van der Waals surface area contributed by atoms with Crippen LogP contribution in [0.2, 0.25) is 0 Å². The summed E-state index contributed by atoms with van der Waals surface area (Å²) in [4.78, 5) is 19.4. The molecule has 1 aromatic heterocycles. The van der Waals surface area contributed by atoms with Crippen molar-refractivity contribution in [1.82, 2.24) is 15.3 Å². The highest BCUT2D eigenvalue weighted by Gasteiger charge is 2.05. The van der Waals surface area contributed by atoms with Gasteiger partial charge in [0.1, 0.15) is 4.60 Å². The van der Waals surface area contributed by atoms with Gasteiger partial charge in [-0.2, -0.15) is 0 Å². The molecule has 0 spiro atoms. The van der Waals surface area contributed by atoms with Crippen molar-refractivity contribution in [2.45, 2.75) is 26.3 Å². The minimum Gasteiger partial charge on any atom is -0.308 e. The predicted molar refractivity (Wildman–Crippen MR) is 66.1 cm³/mol. The van der Waals surface area contributed by atoms with Gasteiger partial charge in [0, 0.05) is 6.04 Å². The largest absolute Gasteiger partial charge is 0.308 e. The summed E-state index contributed by atoms with van der Waals surface area (Å²) in [6, 6.07) is 0.335. The second-order valence-electron chi connectivity index (χ2n) is 3.46. The molecule has 0 aliphatic heterocycles. The second-order valence-corrected chi connectivity index (χ2v) is 4.28. The Morgan fingerprint density at radius 3 is 2.81 bits per heavy atom. The van der Waals surface area contributed by atoms with Crippen LogP contribution in [-0.4, -0.2) is 28.5 Å². The lowest BCUT2D eigenvalue weighted by molar-refractivity contribution is -0.115. The molecule has 1 unspecified atom stereocenters. The molecule has 0 saturated heterocycles. The Kier molecular flexibility index (Phi) is 5.34. The minimum atomic E-state index is -0.114. The maximum atomic E-state index is 11.5. The van der Waals surface area contributed by atoms with Gasteiger partial charge in [-0.05, 0) is 29.3 Å². The molecule has 5 nitrogen and oxygen atoms in total. The molecule has 1 rings (SSSR count). The molecular weight excluding hydrogens is 272 g/mol. The maximum absolute atomic E-state index is 11.5. The summed E-state index contributed by atoms with van der Waals surface area (Å²) >= 11 is 3.17. The third kappa shape index (κ3) is 4.67. The third-order valence-electron chi connectivity index (χ3n) is 2.11. The number of carbonyl (C=O) groups is 1. The first-order valence-corrected chi connectivity index (χ1v) is 5.92. The van der Waals surface area contributed by atoms with Gasteiger partial charge < -0.3 is 10.6 Å². The molecule has 0 aliphatic rings. The number of amides is 1. The summed E-state index contributed by atoms with van der Waals surface area (Å²) in [5.74, 6) is 0.344. The van der Waals surface area contributed by atoms with Crippen LogP contribution in [-0.2, 0) is 4.79 Å². The minimum absolute atomic E-state index is 0.114. The standard InChI is InChI=1S/C10H15BrN4O/c1-3-7(2)12-6-10(16)15-9-5-13-8(11)4-14-9/h4-5,7,12H,3,6H2,1-2H3,(H,14,15,16). The van der Waals surface area contributed by atoms with E-state index in [4.69, 9.17) is 0 Å². The van der Waals surface area contributed by atoms with E-state index in [-0.39, 0.29) is 12.5 Å². The summed E-state index contributed by atoms with van der Waals surface area (Å²) in [6.07, 6.45) is 4.04. The van der Waals surface area contributed by atoms with Gasteiger partial charge in [-0.15, -0.1) is 0 Å². The Bertz CT molecular complexity index is 341. The molecule has 88 valence electrons. The summed E-state index contributed by atoms with van der Waals surface area (Å²) in [5.41, 5.74) is 0. The van der Waals surface area contributed by atoms with Gasteiger partial charge in [0.25, 0.3) is 0 Å². The Morgan fingerprint density at radius 1 is 1.50 bits per heavy atom. The Labute approximate surface area is 103 Å². The Balaban J connectivity index is 2.37. The fourth-order valence-electron chi connectivity index (χ4n) is 0.975. The van der Waals surface area contributed by atoms with E-state index >= 15 is 0 Å². The van der Waals surface area contributed by atoms with E-state index in [0.717, 1.165) is 6.42 Å². The van der Waals surface area contributed by atoms with Gasteiger partial charge in [0.2, 0.25) is 5.91 Å². The quantitative estimate of drug-likeness (QED) is 0.862. The molecule has 1 atom stereocenters.